The van der Waals surface area contributed by atoms with E-state index in [9.17, 15) is 19.4 Å². The molecule has 0 bridgehead atoms. The van der Waals surface area contributed by atoms with Gasteiger partial charge in [-0.15, -0.1) is 0 Å². The van der Waals surface area contributed by atoms with Gasteiger partial charge in [0.15, 0.2) is 0 Å². The number of nitrogens with zero attached hydrogens (tertiary/aromatic N) is 3. The maximum absolute atomic E-state index is 15.1. The SMILES string of the molecule is COc1cc(C(=O)NC[C@@](O)(c2ccccc2)c2cc(C(C)(C)O)c(Cl)c(-c3cc(Cl)c(F)cc3F)n2)cc2cn(C3CC3)nc12. The summed E-state index contributed by atoms with van der Waals surface area (Å²) >= 11 is 12.7. The Bertz CT molecular complexity index is 1980. The van der Waals surface area contributed by atoms with E-state index in [-0.39, 0.29) is 44.7 Å². The minimum Gasteiger partial charge on any atom is -0.494 e. The summed E-state index contributed by atoms with van der Waals surface area (Å²) in [6.07, 6.45) is 3.96. The van der Waals surface area contributed by atoms with Crippen LogP contribution >= 0.6 is 23.2 Å². The number of halogens is 4. The van der Waals surface area contributed by atoms with Crippen molar-refractivity contribution in [3.05, 3.63) is 111 Å². The van der Waals surface area contributed by atoms with E-state index in [1.54, 1.807) is 42.5 Å². The van der Waals surface area contributed by atoms with Crippen molar-refractivity contribution in [3.8, 4) is 17.0 Å². The first-order valence-corrected chi connectivity index (χ1v) is 15.3. The Balaban J connectivity index is 1.44. The lowest BCUT2D eigenvalue weighted by Crippen LogP contribution is -2.42. The third kappa shape index (κ3) is 5.93. The molecule has 0 radical (unpaired) electrons. The lowest BCUT2D eigenvalue weighted by molar-refractivity contribution is 0.0639. The molecule has 6 rings (SSSR count). The molecular weight excluding hydrogens is 637 g/mol. The molecule has 2 heterocycles. The Morgan fingerprint density at radius 2 is 1.78 bits per heavy atom. The summed E-state index contributed by atoms with van der Waals surface area (Å²) in [6, 6.07) is 15.1. The van der Waals surface area contributed by atoms with Gasteiger partial charge in [-0.1, -0.05) is 53.5 Å². The van der Waals surface area contributed by atoms with Crippen LogP contribution in [0.5, 0.6) is 5.75 Å². The average Bonchev–Trinajstić information content (AvgIpc) is 3.79. The quantitative estimate of drug-likeness (QED) is 0.147. The van der Waals surface area contributed by atoms with Crippen LogP contribution in [0.4, 0.5) is 8.78 Å². The highest BCUT2D eigenvalue weighted by molar-refractivity contribution is 6.34. The molecule has 5 aromatic rings. The number of pyridine rings is 1. The van der Waals surface area contributed by atoms with Gasteiger partial charge < -0.3 is 20.3 Å². The molecule has 3 aromatic carbocycles. The van der Waals surface area contributed by atoms with Crippen LogP contribution in [0, 0.1) is 11.6 Å². The zero-order chi connectivity index (χ0) is 33.0. The normalized spacial score (nSPS) is 14.7. The second kappa shape index (κ2) is 11.9. The highest BCUT2D eigenvalue weighted by Gasteiger charge is 2.37. The maximum Gasteiger partial charge on any atom is 0.251 e. The molecular formula is C34H30Cl2F2N4O4. The van der Waals surface area contributed by atoms with Crippen LogP contribution in [-0.4, -0.2) is 44.5 Å². The molecule has 8 nitrogen and oxygen atoms in total. The second-order valence-electron chi connectivity index (χ2n) is 11.9. The molecule has 1 aliphatic rings. The zero-order valence-electron chi connectivity index (χ0n) is 25.1. The average molecular weight is 668 g/mol. The first kappa shape index (κ1) is 31.9. The number of carbonyl (C=O) groups is 1. The molecule has 46 heavy (non-hydrogen) atoms. The summed E-state index contributed by atoms with van der Waals surface area (Å²) in [4.78, 5) is 18.2. The van der Waals surface area contributed by atoms with Crippen molar-refractivity contribution in [2.75, 3.05) is 13.7 Å². The van der Waals surface area contributed by atoms with E-state index in [2.05, 4.69) is 15.4 Å². The summed E-state index contributed by atoms with van der Waals surface area (Å²) in [6.45, 7) is 2.55. The monoisotopic (exact) mass is 666 g/mol. The Morgan fingerprint density at radius 3 is 2.43 bits per heavy atom. The van der Waals surface area contributed by atoms with Gasteiger partial charge in [0.05, 0.1) is 46.7 Å². The number of aliphatic hydroxyl groups is 2. The summed E-state index contributed by atoms with van der Waals surface area (Å²) in [5, 5.41) is 31.1. The molecule has 0 saturated heterocycles. The van der Waals surface area contributed by atoms with Crippen molar-refractivity contribution >= 4 is 40.0 Å². The minimum absolute atomic E-state index is 0.0610. The first-order valence-electron chi connectivity index (χ1n) is 14.5. The van der Waals surface area contributed by atoms with Gasteiger partial charge in [-0.25, -0.2) is 13.8 Å². The topological polar surface area (TPSA) is 110 Å². The summed E-state index contributed by atoms with van der Waals surface area (Å²) < 4.78 is 36.6. The number of fused-ring (bicyclic) bond motifs is 1. The van der Waals surface area contributed by atoms with E-state index >= 15 is 4.39 Å². The van der Waals surface area contributed by atoms with Gasteiger partial charge in [0, 0.05) is 34.3 Å². The molecule has 0 aliphatic heterocycles. The number of carbonyl (C=O) groups excluding carboxylic acids is 1. The number of aromatic nitrogens is 3. The zero-order valence-corrected chi connectivity index (χ0v) is 26.6. The van der Waals surface area contributed by atoms with Crippen LogP contribution in [0.15, 0.2) is 66.9 Å². The van der Waals surface area contributed by atoms with E-state index in [4.69, 9.17) is 27.9 Å². The van der Waals surface area contributed by atoms with Gasteiger partial charge in [0.25, 0.3) is 5.91 Å². The third-order valence-corrected chi connectivity index (χ3v) is 8.73. The Kier molecular flexibility index (Phi) is 8.27. The van der Waals surface area contributed by atoms with Crippen molar-refractivity contribution in [3.63, 3.8) is 0 Å². The van der Waals surface area contributed by atoms with Crippen molar-refractivity contribution in [1.29, 1.82) is 0 Å². The predicted octanol–water partition coefficient (Wildman–Crippen LogP) is 6.92. The van der Waals surface area contributed by atoms with Crippen LogP contribution in [0.1, 0.15) is 59.9 Å². The van der Waals surface area contributed by atoms with E-state index < -0.39 is 28.7 Å². The Hall–Kier alpha value is -4.09. The second-order valence-corrected chi connectivity index (χ2v) is 12.7. The summed E-state index contributed by atoms with van der Waals surface area (Å²) in [7, 11) is 1.50. The molecule has 2 aromatic heterocycles. The first-order chi connectivity index (χ1) is 21.8. The number of rotatable bonds is 9. The maximum atomic E-state index is 15.1. The van der Waals surface area contributed by atoms with Crippen LogP contribution in [-0.2, 0) is 11.2 Å². The number of hydrogen-bond donors (Lipinski definition) is 3. The fraction of sp³-hybridized carbons (Fsp3) is 0.265. The van der Waals surface area contributed by atoms with E-state index in [0.29, 0.717) is 28.9 Å². The molecule has 1 atom stereocenters. The van der Waals surface area contributed by atoms with Crippen molar-refractivity contribution < 1.29 is 28.5 Å². The summed E-state index contributed by atoms with van der Waals surface area (Å²) in [5.41, 5.74) is -2.71. The molecule has 1 amide bonds. The van der Waals surface area contributed by atoms with E-state index in [0.717, 1.165) is 24.3 Å². The molecule has 1 aliphatic carbocycles. The Labute approximate surface area is 273 Å². The number of benzene rings is 3. The van der Waals surface area contributed by atoms with Gasteiger partial charge in [0.1, 0.15) is 28.5 Å². The van der Waals surface area contributed by atoms with E-state index in [1.165, 1.54) is 27.0 Å². The third-order valence-electron chi connectivity index (χ3n) is 8.06. The van der Waals surface area contributed by atoms with Gasteiger partial charge in [-0.3, -0.25) is 9.48 Å². The number of amides is 1. The fourth-order valence-corrected chi connectivity index (χ4v) is 5.96. The van der Waals surface area contributed by atoms with Crippen molar-refractivity contribution in [2.45, 2.75) is 43.9 Å². The highest BCUT2D eigenvalue weighted by atomic mass is 35.5. The number of hydrogen-bond acceptors (Lipinski definition) is 6. The molecule has 12 heteroatoms. The van der Waals surface area contributed by atoms with Crippen LogP contribution < -0.4 is 10.1 Å². The predicted molar refractivity (Wildman–Crippen MR) is 171 cm³/mol. The molecule has 1 fully saturated rings. The van der Waals surface area contributed by atoms with E-state index in [1.807, 2.05) is 10.9 Å². The van der Waals surface area contributed by atoms with Gasteiger partial charge in [-0.05, 0) is 56.5 Å². The molecule has 0 spiro atoms. The Morgan fingerprint density at radius 1 is 1.07 bits per heavy atom. The number of ether oxygens (including phenoxy) is 1. The van der Waals surface area contributed by atoms with Gasteiger partial charge in [0.2, 0.25) is 0 Å². The van der Waals surface area contributed by atoms with Gasteiger partial charge >= 0.3 is 0 Å². The lowest BCUT2D eigenvalue weighted by Gasteiger charge is -2.31. The fourth-order valence-electron chi connectivity index (χ4n) is 5.37. The lowest BCUT2D eigenvalue weighted by atomic mass is 9.86. The van der Waals surface area contributed by atoms with Crippen molar-refractivity contribution in [1.82, 2.24) is 20.1 Å². The number of methoxy groups -OCH3 is 1. The van der Waals surface area contributed by atoms with Gasteiger partial charge in [-0.2, -0.15) is 5.10 Å². The number of nitrogens with one attached hydrogen (secondary N) is 1. The largest absolute Gasteiger partial charge is 0.494 e. The summed E-state index contributed by atoms with van der Waals surface area (Å²) in [5.74, 6) is -2.06. The minimum atomic E-state index is -2.01. The van der Waals surface area contributed by atoms with Crippen LogP contribution in [0.3, 0.4) is 0 Å². The van der Waals surface area contributed by atoms with Crippen LogP contribution in [0.25, 0.3) is 22.2 Å². The smallest absolute Gasteiger partial charge is 0.251 e. The molecule has 238 valence electrons. The van der Waals surface area contributed by atoms with Crippen LogP contribution in [0.2, 0.25) is 10.0 Å². The van der Waals surface area contributed by atoms with Crippen molar-refractivity contribution in [2.24, 2.45) is 0 Å². The molecule has 3 N–H and O–H groups in total. The highest BCUT2D eigenvalue weighted by Crippen LogP contribution is 2.41. The molecule has 0 unspecified atom stereocenters. The molecule has 1 saturated carbocycles. The standard InChI is InChI=1S/C34H30Cl2F2N4O4/c1-33(2,44)23-14-28(40-31(29(23)36)22-13-24(35)26(38)15-25(22)37)34(45,20-7-5-4-6-8-20)17-39-32(43)18-11-19-16-42(21-9-10-21)41-30(19)27(12-18)46-3/h4-8,11-16,21,44-45H,9-10,17H2,1-3H3,(H,39,43)/t34-/m1/s1.